The standard InChI is InChI=1S/C7H5NO3S.C4H9NO2/c9-7-5-3-1-2-4-6(5)12(10,11)8-7;1-3(5)4(6)7-2/h1-4H,(H,8,9);3H,5H2,1-2H3. The molecule has 0 fully saturated rings. The Bertz CT molecular complexity index is 595. The normalized spacial score (nSPS) is 16.5. The lowest BCUT2D eigenvalue weighted by Gasteiger charge is -1.98. The Labute approximate surface area is 110 Å². The maximum absolute atomic E-state index is 11.1. The second kappa shape index (κ2) is 5.81. The van der Waals surface area contributed by atoms with Crippen LogP contribution in [0.2, 0.25) is 0 Å². The van der Waals surface area contributed by atoms with Crippen LogP contribution in [0.4, 0.5) is 0 Å². The van der Waals surface area contributed by atoms with Crippen molar-refractivity contribution in [1.82, 2.24) is 4.72 Å². The fourth-order valence-electron chi connectivity index (χ4n) is 1.31. The van der Waals surface area contributed by atoms with E-state index in [0.717, 1.165) is 0 Å². The summed E-state index contributed by atoms with van der Waals surface area (Å²) in [7, 11) is -2.24. The molecule has 1 heterocycles. The van der Waals surface area contributed by atoms with Crippen LogP contribution >= 0.6 is 0 Å². The van der Waals surface area contributed by atoms with Gasteiger partial charge in [0.05, 0.1) is 12.7 Å². The number of ether oxygens (including phenoxy) is 1. The highest BCUT2D eigenvalue weighted by atomic mass is 32.2. The van der Waals surface area contributed by atoms with Gasteiger partial charge < -0.3 is 10.5 Å². The van der Waals surface area contributed by atoms with Gasteiger partial charge in [-0.1, -0.05) is 12.1 Å². The van der Waals surface area contributed by atoms with Crippen molar-refractivity contribution in [3.63, 3.8) is 0 Å². The molecule has 7 nitrogen and oxygen atoms in total. The summed E-state index contributed by atoms with van der Waals surface area (Å²) in [5, 5.41) is 0. The molecule has 1 atom stereocenters. The molecule has 1 unspecified atom stereocenters. The summed E-state index contributed by atoms with van der Waals surface area (Å²) in [5.41, 5.74) is 5.29. The van der Waals surface area contributed by atoms with Crippen molar-refractivity contribution in [2.24, 2.45) is 5.73 Å². The number of fused-ring (bicyclic) bond motifs is 1. The third-order valence-electron chi connectivity index (χ3n) is 2.22. The molecule has 0 bridgehead atoms. The molecule has 8 heteroatoms. The average molecular weight is 286 g/mol. The lowest BCUT2D eigenvalue weighted by atomic mass is 10.2. The highest BCUT2D eigenvalue weighted by Gasteiger charge is 2.31. The molecule has 0 aliphatic carbocycles. The Hall–Kier alpha value is -1.93. The van der Waals surface area contributed by atoms with Gasteiger partial charge in [-0.2, -0.15) is 0 Å². The number of methoxy groups -OCH3 is 1. The van der Waals surface area contributed by atoms with E-state index in [1.54, 1.807) is 19.1 Å². The van der Waals surface area contributed by atoms with Crippen molar-refractivity contribution in [1.29, 1.82) is 0 Å². The van der Waals surface area contributed by atoms with Crippen molar-refractivity contribution < 1.29 is 22.7 Å². The van der Waals surface area contributed by atoms with Gasteiger partial charge in [0.1, 0.15) is 10.9 Å². The average Bonchev–Trinajstić information content (AvgIpc) is 2.60. The topological polar surface area (TPSA) is 116 Å². The van der Waals surface area contributed by atoms with Crippen LogP contribution in [0, 0.1) is 0 Å². The van der Waals surface area contributed by atoms with E-state index in [-0.39, 0.29) is 16.4 Å². The molecular weight excluding hydrogens is 272 g/mol. The van der Waals surface area contributed by atoms with Gasteiger partial charge in [0.15, 0.2) is 0 Å². The number of hydrogen-bond acceptors (Lipinski definition) is 6. The minimum absolute atomic E-state index is 0.0648. The third-order valence-corrected chi connectivity index (χ3v) is 3.61. The number of hydrogen-bond donors (Lipinski definition) is 2. The first-order valence-electron chi connectivity index (χ1n) is 5.29. The Balaban J connectivity index is 0.000000224. The molecule has 1 aliphatic rings. The number of benzene rings is 1. The molecule has 1 aromatic carbocycles. The summed E-state index contributed by atoms with van der Waals surface area (Å²) in [6.45, 7) is 1.58. The first-order chi connectivity index (χ1) is 8.79. The number of rotatable bonds is 1. The second-order valence-electron chi connectivity index (χ2n) is 3.74. The molecule has 2 rings (SSSR count). The zero-order valence-electron chi connectivity index (χ0n) is 10.4. The van der Waals surface area contributed by atoms with E-state index in [1.165, 1.54) is 19.2 Å². The predicted octanol–water partition coefficient (Wildman–Crippen LogP) is -0.375. The zero-order chi connectivity index (χ0) is 14.6. The first kappa shape index (κ1) is 15.1. The maximum atomic E-state index is 11.1. The van der Waals surface area contributed by atoms with E-state index in [9.17, 15) is 18.0 Å². The maximum Gasteiger partial charge on any atom is 0.322 e. The summed E-state index contributed by atoms with van der Waals surface area (Å²) in [6.07, 6.45) is 0. The number of carbonyl (C=O) groups is 2. The molecule has 0 radical (unpaired) electrons. The van der Waals surface area contributed by atoms with Crippen molar-refractivity contribution in [2.75, 3.05) is 7.11 Å². The summed E-state index contributed by atoms with van der Waals surface area (Å²) >= 11 is 0. The third kappa shape index (κ3) is 3.52. The van der Waals surface area contributed by atoms with E-state index < -0.39 is 22.0 Å². The lowest BCUT2D eigenvalue weighted by molar-refractivity contribution is -0.141. The van der Waals surface area contributed by atoms with E-state index in [4.69, 9.17) is 5.73 Å². The van der Waals surface area contributed by atoms with Gasteiger partial charge in [-0.05, 0) is 19.1 Å². The number of nitrogens with two attached hydrogens (primary N) is 1. The van der Waals surface area contributed by atoms with Crippen LogP contribution in [-0.2, 0) is 19.6 Å². The molecule has 3 N–H and O–H groups in total. The van der Waals surface area contributed by atoms with Crippen molar-refractivity contribution in [3.8, 4) is 0 Å². The van der Waals surface area contributed by atoms with E-state index in [1.807, 2.05) is 4.72 Å². The molecule has 0 saturated carbocycles. The van der Waals surface area contributed by atoms with E-state index in [0.29, 0.717) is 0 Å². The number of amides is 1. The van der Waals surface area contributed by atoms with Crippen molar-refractivity contribution in [3.05, 3.63) is 29.8 Å². The van der Waals surface area contributed by atoms with Gasteiger partial charge in [-0.25, -0.2) is 13.1 Å². The Morgan fingerprint density at radius 1 is 1.37 bits per heavy atom. The van der Waals surface area contributed by atoms with Crippen LogP contribution in [0.3, 0.4) is 0 Å². The van der Waals surface area contributed by atoms with Crippen LogP contribution in [-0.4, -0.2) is 33.4 Å². The summed E-state index contributed by atoms with van der Waals surface area (Å²) < 4.78 is 28.4. The summed E-state index contributed by atoms with van der Waals surface area (Å²) in [5.74, 6) is -0.925. The number of sulfonamides is 1. The molecule has 1 amide bonds. The minimum atomic E-state index is -3.55. The predicted molar refractivity (Wildman–Crippen MR) is 66.8 cm³/mol. The lowest BCUT2D eigenvalue weighted by Crippen LogP contribution is -2.27. The molecule has 0 saturated heterocycles. The Morgan fingerprint density at radius 3 is 2.37 bits per heavy atom. The minimum Gasteiger partial charge on any atom is -0.468 e. The molecule has 104 valence electrons. The van der Waals surface area contributed by atoms with Crippen LogP contribution in [0.25, 0.3) is 0 Å². The van der Waals surface area contributed by atoms with Gasteiger partial charge in [0, 0.05) is 0 Å². The molecule has 1 aliphatic heterocycles. The fraction of sp³-hybridized carbons (Fsp3) is 0.273. The first-order valence-corrected chi connectivity index (χ1v) is 6.77. The van der Waals surface area contributed by atoms with Gasteiger partial charge in [0.2, 0.25) is 0 Å². The summed E-state index contributed by atoms with van der Waals surface area (Å²) in [6, 6.07) is 5.60. The number of nitrogens with one attached hydrogen (secondary N) is 1. The van der Waals surface area contributed by atoms with Crippen LogP contribution in [0.5, 0.6) is 0 Å². The van der Waals surface area contributed by atoms with Gasteiger partial charge >= 0.3 is 5.97 Å². The van der Waals surface area contributed by atoms with Crippen molar-refractivity contribution >= 4 is 21.9 Å². The quantitative estimate of drug-likeness (QED) is 0.680. The van der Waals surface area contributed by atoms with E-state index >= 15 is 0 Å². The van der Waals surface area contributed by atoms with Gasteiger partial charge in [-0.3, -0.25) is 9.59 Å². The fourth-order valence-corrected chi connectivity index (χ4v) is 2.48. The number of carbonyl (C=O) groups excluding carboxylic acids is 2. The van der Waals surface area contributed by atoms with Crippen molar-refractivity contribution in [2.45, 2.75) is 17.9 Å². The molecule has 19 heavy (non-hydrogen) atoms. The SMILES string of the molecule is COC(=O)C(C)N.O=C1NS(=O)(=O)c2ccccc21. The second-order valence-corrected chi connectivity index (χ2v) is 5.39. The zero-order valence-corrected chi connectivity index (χ0v) is 11.2. The monoisotopic (exact) mass is 286 g/mol. The van der Waals surface area contributed by atoms with Gasteiger partial charge in [0.25, 0.3) is 15.9 Å². The summed E-state index contributed by atoms with van der Waals surface area (Å²) in [4.78, 5) is 21.2. The van der Waals surface area contributed by atoms with Crippen LogP contribution in [0.1, 0.15) is 17.3 Å². The van der Waals surface area contributed by atoms with E-state index in [2.05, 4.69) is 4.74 Å². The van der Waals surface area contributed by atoms with Gasteiger partial charge in [-0.15, -0.1) is 0 Å². The highest BCUT2D eigenvalue weighted by molar-refractivity contribution is 7.90. The smallest absolute Gasteiger partial charge is 0.322 e. The Morgan fingerprint density at radius 2 is 1.95 bits per heavy atom. The molecular formula is C11H14N2O5S. The number of esters is 1. The molecule has 0 aromatic heterocycles. The highest BCUT2D eigenvalue weighted by Crippen LogP contribution is 2.20. The largest absolute Gasteiger partial charge is 0.468 e. The Kier molecular flexibility index (Phi) is 4.62. The van der Waals surface area contributed by atoms with Crippen LogP contribution in [0.15, 0.2) is 29.2 Å². The molecule has 0 spiro atoms. The van der Waals surface area contributed by atoms with Crippen LogP contribution < -0.4 is 10.5 Å². The molecule has 1 aromatic rings.